The Kier molecular flexibility index (Phi) is 4.12. The van der Waals surface area contributed by atoms with Gasteiger partial charge in [-0.1, -0.05) is 11.8 Å². The number of carbonyl (C=O) groups excluding carboxylic acids is 1. The van der Waals surface area contributed by atoms with Gasteiger partial charge in [0.05, 0.1) is 4.90 Å². The Labute approximate surface area is 99.7 Å². The lowest BCUT2D eigenvalue weighted by Gasteiger charge is -2.11. The Morgan fingerprint density at radius 1 is 1.19 bits per heavy atom. The fourth-order valence-electron chi connectivity index (χ4n) is 1.06. The number of hydrogen-bond donors (Lipinski definition) is 0. The zero-order valence-corrected chi connectivity index (χ0v) is 10.9. The second-order valence-corrected chi connectivity index (χ2v) is 6.75. The first-order valence-electron chi connectivity index (χ1n) is 4.55. The average Bonchev–Trinajstić information content (AvgIpc) is 2.17. The van der Waals surface area contributed by atoms with Gasteiger partial charge >= 0.3 is 0 Å². The minimum atomic E-state index is -3.38. The van der Waals surface area contributed by atoms with Gasteiger partial charge in [-0.15, -0.1) is 0 Å². The van der Waals surface area contributed by atoms with Crippen LogP contribution in [0.15, 0.2) is 34.1 Å². The van der Waals surface area contributed by atoms with E-state index in [1.807, 2.05) is 0 Å². The van der Waals surface area contributed by atoms with Crippen molar-refractivity contribution in [3.8, 4) is 0 Å². The molecule has 0 aromatic heterocycles. The molecule has 0 amide bonds. The van der Waals surface area contributed by atoms with Crippen molar-refractivity contribution in [3.63, 3.8) is 0 Å². The molecular formula is C10H13NO3S2. The van der Waals surface area contributed by atoms with E-state index in [9.17, 15) is 13.2 Å². The van der Waals surface area contributed by atoms with Gasteiger partial charge < -0.3 is 0 Å². The molecule has 0 atom stereocenters. The van der Waals surface area contributed by atoms with Crippen LogP contribution >= 0.6 is 11.8 Å². The molecule has 16 heavy (non-hydrogen) atoms. The average molecular weight is 259 g/mol. The number of thioether (sulfide) groups is 1. The Bertz CT molecular complexity index is 477. The molecule has 0 aliphatic heterocycles. The fraction of sp³-hybridized carbons (Fsp3) is 0.300. The number of benzene rings is 1. The largest absolute Gasteiger partial charge is 0.287 e. The third kappa shape index (κ3) is 3.07. The molecule has 4 nitrogen and oxygen atoms in total. The maximum atomic E-state index is 11.7. The minimum Gasteiger partial charge on any atom is -0.287 e. The Balaban J connectivity index is 3.00. The van der Waals surface area contributed by atoms with Gasteiger partial charge in [-0.2, -0.15) is 0 Å². The lowest BCUT2D eigenvalue weighted by molar-refractivity contribution is -0.109. The predicted molar refractivity (Wildman–Crippen MR) is 63.9 cm³/mol. The smallest absolute Gasteiger partial charge is 0.242 e. The first kappa shape index (κ1) is 13.2. The van der Waals surface area contributed by atoms with E-state index < -0.39 is 10.0 Å². The molecule has 0 bridgehead atoms. The monoisotopic (exact) mass is 259 g/mol. The van der Waals surface area contributed by atoms with Gasteiger partial charge in [-0.3, -0.25) is 4.79 Å². The predicted octanol–water partition coefficient (Wildman–Crippen LogP) is 1.58. The number of carbonyl (C=O) groups is 1. The molecular weight excluding hydrogens is 246 g/mol. The molecule has 0 spiro atoms. The summed E-state index contributed by atoms with van der Waals surface area (Å²) in [7, 11) is -0.424. The summed E-state index contributed by atoms with van der Waals surface area (Å²) in [4.78, 5) is 11.8. The van der Waals surface area contributed by atoms with E-state index in [1.165, 1.54) is 33.2 Å². The normalized spacial score (nSPS) is 11.8. The fourth-order valence-corrected chi connectivity index (χ4v) is 2.56. The second kappa shape index (κ2) is 4.99. The summed E-state index contributed by atoms with van der Waals surface area (Å²) in [5.41, 5.74) is 0. The molecule has 0 N–H and O–H groups in total. The standard InChI is InChI=1S/C10H13NO3S2/c1-8(12)15-9-4-6-10(7-5-9)16(13,14)11(2)3/h4-7H,1-3H3. The van der Waals surface area contributed by atoms with E-state index in [0.717, 1.165) is 21.0 Å². The quantitative estimate of drug-likeness (QED) is 0.773. The van der Waals surface area contributed by atoms with Crippen LogP contribution < -0.4 is 0 Å². The van der Waals surface area contributed by atoms with E-state index in [0.29, 0.717) is 0 Å². The van der Waals surface area contributed by atoms with Crippen molar-refractivity contribution in [2.24, 2.45) is 0 Å². The second-order valence-electron chi connectivity index (χ2n) is 3.35. The SMILES string of the molecule is CC(=O)Sc1ccc(S(=O)(=O)N(C)C)cc1. The summed E-state index contributed by atoms with van der Waals surface area (Å²) in [6.45, 7) is 1.47. The molecule has 88 valence electrons. The highest BCUT2D eigenvalue weighted by Gasteiger charge is 2.16. The van der Waals surface area contributed by atoms with Gasteiger partial charge in [0.1, 0.15) is 0 Å². The summed E-state index contributed by atoms with van der Waals surface area (Å²) in [6, 6.07) is 6.26. The van der Waals surface area contributed by atoms with Crippen LogP contribution in [0.1, 0.15) is 6.92 Å². The number of hydrogen-bond acceptors (Lipinski definition) is 4. The number of sulfonamides is 1. The minimum absolute atomic E-state index is 0.0248. The zero-order valence-electron chi connectivity index (χ0n) is 9.30. The van der Waals surface area contributed by atoms with Crippen molar-refractivity contribution in [2.45, 2.75) is 16.7 Å². The van der Waals surface area contributed by atoms with Crippen LogP contribution in [0, 0.1) is 0 Å². The molecule has 0 radical (unpaired) electrons. The van der Waals surface area contributed by atoms with Crippen LogP contribution in [0.3, 0.4) is 0 Å². The molecule has 0 unspecified atom stereocenters. The third-order valence-electron chi connectivity index (χ3n) is 1.86. The van der Waals surface area contributed by atoms with Crippen LogP contribution in [0.4, 0.5) is 0 Å². The highest BCUT2D eigenvalue weighted by atomic mass is 32.2. The van der Waals surface area contributed by atoms with Crippen molar-refractivity contribution < 1.29 is 13.2 Å². The van der Waals surface area contributed by atoms with Gasteiger partial charge in [0.2, 0.25) is 10.0 Å². The molecule has 0 saturated carbocycles. The molecule has 6 heteroatoms. The molecule has 1 aromatic carbocycles. The van der Waals surface area contributed by atoms with E-state index in [-0.39, 0.29) is 10.0 Å². The lowest BCUT2D eigenvalue weighted by atomic mass is 10.4. The number of nitrogens with zero attached hydrogens (tertiary/aromatic N) is 1. The van der Waals surface area contributed by atoms with Crippen molar-refractivity contribution >= 4 is 26.9 Å². The van der Waals surface area contributed by atoms with E-state index in [2.05, 4.69) is 0 Å². The van der Waals surface area contributed by atoms with Crippen LogP contribution in [0.5, 0.6) is 0 Å². The maximum absolute atomic E-state index is 11.7. The highest BCUT2D eigenvalue weighted by Crippen LogP contribution is 2.21. The maximum Gasteiger partial charge on any atom is 0.242 e. The van der Waals surface area contributed by atoms with Crippen LogP contribution in [0.25, 0.3) is 0 Å². The first-order chi connectivity index (χ1) is 7.34. The highest BCUT2D eigenvalue weighted by molar-refractivity contribution is 8.13. The van der Waals surface area contributed by atoms with Crippen LogP contribution in [-0.2, 0) is 14.8 Å². The summed E-state index contributed by atoms with van der Waals surface area (Å²) in [5.74, 6) is 0. The van der Waals surface area contributed by atoms with E-state index >= 15 is 0 Å². The van der Waals surface area contributed by atoms with Gasteiger partial charge in [0.25, 0.3) is 0 Å². The molecule has 0 aliphatic rings. The van der Waals surface area contributed by atoms with Crippen LogP contribution in [-0.4, -0.2) is 31.9 Å². The van der Waals surface area contributed by atoms with E-state index in [1.54, 1.807) is 12.1 Å². The Morgan fingerprint density at radius 2 is 1.69 bits per heavy atom. The topological polar surface area (TPSA) is 54.5 Å². The lowest BCUT2D eigenvalue weighted by Crippen LogP contribution is -2.22. The third-order valence-corrected chi connectivity index (χ3v) is 4.49. The van der Waals surface area contributed by atoms with Crippen molar-refractivity contribution in [3.05, 3.63) is 24.3 Å². The summed E-state index contributed by atoms with van der Waals surface area (Å²) in [5, 5.41) is -0.0248. The molecule has 0 fully saturated rings. The van der Waals surface area contributed by atoms with E-state index in [4.69, 9.17) is 0 Å². The number of rotatable bonds is 3. The first-order valence-corrected chi connectivity index (χ1v) is 6.80. The molecule has 0 saturated heterocycles. The summed E-state index contributed by atoms with van der Waals surface area (Å²) < 4.78 is 24.6. The van der Waals surface area contributed by atoms with Gasteiger partial charge in [0.15, 0.2) is 5.12 Å². The van der Waals surface area contributed by atoms with Gasteiger partial charge in [0, 0.05) is 25.9 Å². The van der Waals surface area contributed by atoms with Crippen LogP contribution in [0.2, 0.25) is 0 Å². The van der Waals surface area contributed by atoms with Crippen molar-refractivity contribution in [1.29, 1.82) is 0 Å². The molecule has 1 rings (SSSR count). The zero-order chi connectivity index (χ0) is 12.3. The molecule has 0 aliphatic carbocycles. The molecule has 0 heterocycles. The van der Waals surface area contributed by atoms with Gasteiger partial charge in [-0.05, 0) is 24.3 Å². The van der Waals surface area contributed by atoms with Gasteiger partial charge in [-0.25, -0.2) is 12.7 Å². The summed E-state index contributed by atoms with van der Waals surface area (Å²) in [6.07, 6.45) is 0. The van der Waals surface area contributed by atoms with Crippen molar-refractivity contribution in [1.82, 2.24) is 4.31 Å². The molecule has 1 aromatic rings. The van der Waals surface area contributed by atoms with Crippen molar-refractivity contribution in [2.75, 3.05) is 14.1 Å². The Morgan fingerprint density at radius 3 is 2.06 bits per heavy atom. The Hall–Kier alpha value is -0.850. The summed E-state index contributed by atoms with van der Waals surface area (Å²) >= 11 is 1.08.